The van der Waals surface area contributed by atoms with Crippen molar-refractivity contribution in [2.45, 2.75) is 19.8 Å². The Morgan fingerprint density at radius 3 is 2.56 bits per heavy atom. The molecule has 2 rings (SSSR count). The Bertz CT molecular complexity index is 478. The summed E-state index contributed by atoms with van der Waals surface area (Å²) < 4.78 is 0. The smallest absolute Gasteiger partial charge is 0.268 e. The van der Waals surface area contributed by atoms with Crippen molar-refractivity contribution in [2.24, 2.45) is 0 Å². The molecule has 0 spiro atoms. The van der Waals surface area contributed by atoms with Gasteiger partial charge in [0.25, 0.3) is 5.91 Å². The zero-order valence-electron chi connectivity index (χ0n) is 10.5. The number of para-hydroxylation sites is 1. The number of benzene rings is 1. The molecule has 1 amide bonds. The third-order valence-electron chi connectivity index (χ3n) is 2.78. The molecular weight excluding hydrogens is 242 g/mol. The fourth-order valence-electron chi connectivity index (χ4n) is 1.81. The Morgan fingerprint density at radius 1 is 1.17 bits per heavy atom. The minimum Gasteiger partial charge on any atom is -0.308 e. The number of unbranched alkanes of at least 4 members (excludes halogenated alkanes) is 1. The number of carbonyl (C=O) groups is 1. The maximum absolute atomic E-state index is 12.4. The maximum atomic E-state index is 12.4. The van der Waals surface area contributed by atoms with Crippen molar-refractivity contribution in [1.29, 1.82) is 0 Å². The average molecular weight is 259 g/mol. The minimum absolute atomic E-state index is 0.102. The van der Waals surface area contributed by atoms with Gasteiger partial charge >= 0.3 is 0 Å². The van der Waals surface area contributed by atoms with Gasteiger partial charge in [-0.25, -0.2) is 0 Å². The molecule has 0 radical (unpaired) electrons. The quantitative estimate of drug-likeness (QED) is 0.788. The lowest BCUT2D eigenvalue weighted by molar-refractivity contribution is 0.0990. The zero-order valence-corrected chi connectivity index (χ0v) is 11.3. The molecule has 0 saturated heterocycles. The molecule has 0 saturated carbocycles. The second kappa shape index (κ2) is 6.36. The highest BCUT2D eigenvalue weighted by Gasteiger charge is 2.17. The van der Waals surface area contributed by atoms with E-state index in [-0.39, 0.29) is 5.91 Å². The lowest BCUT2D eigenvalue weighted by Gasteiger charge is -2.22. The number of carbonyl (C=O) groups excluding carboxylic acids is 1. The summed E-state index contributed by atoms with van der Waals surface area (Å²) in [6, 6.07) is 13.7. The lowest BCUT2D eigenvalue weighted by atomic mass is 10.2. The number of anilines is 1. The fraction of sp³-hybridized carbons (Fsp3) is 0.267. The highest BCUT2D eigenvalue weighted by Crippen LogP contribution is 2.20. The van der Waals surface area contributed by atoms with Gasteiger partial charge in [-0.05, 0) is 30.0 Å². The maximum Gasteiger partial charge on any atom is 0.268 e. The molecule has 0 aliphatic carbocycles. The normalized spacial score (nSPS) is 10.3. The van der Waals surface area contributed by atoms with Crippen molar-refractivity contribution >= 4 is 22.9 Å². The molecule has 0 aliphatic rings. The van der Waals surface area contributed by atoms with Crippen LogP contribution in [0.4, 0.5) is 5.69 Å². The number of hydrogen-bond acceptors (Lipinski definition) is 2. The van der Waals surface area contributed by atoms with Gasteiger partial charge in [-0.15, -0.1) is 11.3 Å². The number of thiophene rings is 1. The molecule has 1 heterocycles. The predicted octanol–water partition coefficient (Wildman–Crippen LogP) is 4.20. The van der Waals surface area contributed by atoms with E-state index in [4.69, 9.17) is 0 Å². The first-order chi connectivity index (χ1) is 8.83. The van der Waals surface area contributed by atoms with Crippen LogP contribution >= 0.6 is 11.3 Å². The van der Waals surface area contributed by atoms with E-state index in [1.807, 2.05) is 52.7 Å². The van der Waals surface area contributed by atoms with Crippen LogP contribution in [0.5, 0.6) is 0 Å². The molecule has 18 heavy (non-hydrogen) atoms. The zero-order chi connectivity index (χ0) is 12.8. The largest absolute Gasteiger partial charge is 0.308 e. The van der Waals surface area contributed by atoms with Crippen LogP contribution in [-0.2, 0) is 0 Å². The Morgan fingerprint density at radius 2 is 1.94 bits per heavy atom. The molecule has 3 heteroatoms. The molecule has 0 N–H and O–H groups in total. The Labute approximate surface area is 112 Å². The van der Waals surface area contributed by atoms with E-state index >= 15 is 0 Å². The van der Waals surface area contributed by atoms with E-state index in [0.717, 1.165) is 30.0 Å². The molecule has 0 bridgehead atoms. The van der Waals surface area contributed by atoms with Crippen LogP contribution in [0.25, 0.3) is 0 Å². The second-order valence-electron chi connectivity index (χ2n) is 4.12. The van der Waals surface area contributed by atoms with E-state index in [0.29, 0.717) is 0 Å². The van der Waals surface area contributed by atoms with Crippen LogP contribution in [0.15, 0.2) is 47.8 Å². The van der Waals surface area contributed by atoms with Crippen LogP contribution in [-0.4, -0.2) is 12.5 Å². The van der Waals surface area contributed by atoms with Crippen molar-refractivity contribution in [3.05, 3.63) is 52.7 Å². The van der Waals surface area contributed by atoms with Crippen molar-refractivity contribution in [3.63, 3.8) is 0 Å². The molecule has 0 aliphatic heterocycles. The van der Waals surface area contributed by atoms with E-state index in [1.165, 1.54) is 11.3 Å². The molecule has 0 atom stereocenters. The van der Waals surface area contributed by atoms with Crippen LogP contribution in [0, 0.1) is 0 Å². The van der Waals surface area contributed by atoms with Gasteiger partial charge < -0.3 is 4.90 Å². The third-order valence-corrected chi connectivity index (χ3v) is 3.64. The average Bonchev–Trinajstić information content (AvgIpc) is 2.94. The number of amides is 1. The summed E-state index contributed by atoms with van der Waals surface area (Å²) >= 11 is 1.50. The predicted molar refractivity (Wildman–Crippen MR) is 77.3 cm³/mol. The van der Waals surface area contributed by atoms with Crippen molar-refractivity contribution in [2.75, 3.05) is 11.4 Å². The number of nitrogens with zero attached hydrogens (tertiary/aromatic N) is 1. The second-order valence-corrected chi connectivity index (χ2v) is 5.07. The van der Waals surface area contributed by atoms with E-state index in [9.17, 15) is 4.79 Å². The summed E-state index contributed by atoms with van der Waals surface area (Å²) in [5.74, 6) is 0.102. The van der Waals surface area contributed by atoms with Crippen molar-refractivity contribution in [3.8, 4) is 0 Å². The molecule has 0 fully saturated rings. The summed E-state index contributed by atoms with van der Waals surface area (Å²) in [6.07, 6.45) is 2.10. The molecular formula is C15H17NOS. The first-order valence-electron chi connectivity index (χ1n) is 6.23. The SMILES string of the molecule is CCCCN(C(=O)c1cccs1)c1ccccc1. The molecule has 2 nitrogen and oxygen atoms in total. The van der Waals surface area contributed by atoms with E-state index < -0.39 is 0 Å². The van der Waals surface area contributed by atoms with Gasteiger partial charge in [-0.2, -0.15) is 0 Å². The first kappa shape index (κ1) is 12.8. The highest BCUT2D eigenvalue weighted by atomic mass is 32.1. The monoisotopic (exact) mass is 259 g/mol. The Balaban J connectivity index is 2.23. The van der Waals surface area contributed by atoms with Gasteiger partial charge in [0.2, 0.25) is 0 Å². The fourth-order valence-corrected chi connectivity index (χ4v) is 2.48. The molecule has 94 valence electrons. The lowest BCUT2D eigenvalue weighted by Crippen LogP contribution is -2.31. The first-order valence-corrected chi connectivity index (χ1v) is 7.11. The van der Waals surface area contributed by atoms with Gasteiger partial charge in [0, 0.05) is 12.2 Å². The molecule has 2 aromatic rings. The van der Waals surface area contributed by atoms with Crippen LogP contribution in [0.2, 0.25) is 0 Å². The summed E-state index contributed by atoms with van der Waals surface area (Å²) in [5.41, 5.74) is 0.976. The molecule has 1 aromatic heterocycles. The van der Waals surface area contributed by atoms with Crippen LogP contribution in [0.1, 0.15) is 29.4 Å². The van der Waals surface area contributed by atoms with Gasteiger partial charge in [0.15, 0.2) is 0 Å². The van der Waals surface area contributed by atoms with Gasteiger partial charge in [0.05, 0.1) is 4.88 Å². The number of hydrogen-bond donors (Lipinski definition) is 0. The summed E-state index contributed by atoms with van der Waals surface area (Å²) in [7, 11) is 0. The van der Waals surface area contributed by atoms with Gasteiger partial charge in [0.1, 0.15) is 0 Å². The molecule has 0 unspecified atom stereocenters. The topological polar surface area (TPSA) is 20.3 Å². The minimum atomic E-state index is 0.102. The number of rotatable bonds is 5. The van der Waals surface area contributed by atoms with Gasteiger partial charge in [-0.1, -0.05) is 37.6 Å². The van der Waals surface area contributed by atoms with E-state index in [1.54, 1.807) is 0 Å². The van der Waals surface area contributed by atoms with Crippen molar-refractivity contribution < 1.29 is 4.79 Å². The summed E-state index contributed by atoms with van der Waals surface area (Å²) in [6.45, 7) is 2.91. The summed E-state index contributed by atoms with van der Waals surface area (Å²) in [5, 5.41) is 1.94. The Hall–Kier alpha value is -1.61. The molecule has 1 aromatic carbocycles. The van der Waals surface area contributed by atoms with Crippen molar-refractivity contribution in [1.82, 2.24) is 0 Å². The third kappa shape index (κ3) is 2.99. The summed E-state index contributed by atoms with van der Waals surface area (Å²) in [4.78, 5) is 15.1. The van der Waals surface area contributed by atoms with Crippen LogP contribution < -0.4 is 4.90 Å². The standard InChI is InChI=1S/C15H17NOS/c1-2-3-11-16(13-8-5-4-6-9-13)15(17)14-10-7-12-18-14/h4-10,12H,2-3,11H2,1H3. The highest BCUT2D eigenvalue weighted by molar-refractivity contribution is 7.12. The Kier molecular flexibility index (Phi) is 4.53. The van der Waals surface area contributed by atoms with Crippen LogP contribution in [0.3, 0.4) is 0 Å². The van der Waals surface area contributed by atoms with E-state index in [2.05, 4.69) is 6.92 Å². The van der Waals surface area contributed by atoms with Gasteiger partial charge in [-0.3, -0.25) is 4.79 Å².